The van der Waals surface area contributed by atoms with Crippen molar-refractivity contribution in [3.8, 4) is 17.2 Å². The van der Waals surface area contributed by atoms with Crippen molar-refractivity contribution in [2.24, 2.45) is 0 Å². The van der Waals surface area contributed by atoms with E-state index in [0.717, 1.165) is 22.0 Å². The number of hydrogen-bond acceptors (Lipinski definition) is 4. The number of benzene rings is 3. The van der Waals surface area contributed by atoms with Crippen LogP contribution in [-0.4, -0.2) is 34.3 Å². The number of aryl methyl sites for hydroxylation is 1. The van der Waals surface area contributed by atoms with Crippen molar-refractivity contribution >= 4 is 22.4 Å². The molecule has 5 nitrogen and oxygen atoms in total. The quantitative estimate of drug-likeness (QED) is 0.608. The van der Waals surface area contributed by atoms with E-state index in [0.29, 0.717) is 30.1 Å². The molecule has 0 aliphatic heterocycles. The number of nitrogens with zero attached hydrogens (tertiary/aromatic N) is 1. The van der Waals surface area contributed by atoms with Gasteiger partial charge in [-0.1, -0.05) is 30.3 Å². The first kappa shape index (κ1) is 19.5. The van der Waals surface area contributed by atoms with E-state index in [-0.39, 0.29) is 5.91 Å². The Morgan fingerprint density at radius 2 is 1.50 bits per heavy atom. The van der Waals surface area contributed by atoms with Gasteiger partial charge >= 0.3 is 0 Å². The van der Waals surface area contributed by atoms with E-state index in [1.807, 2.05) is 55.6 Å². The van der Waals surface area contributed by atoms with Crippen molar-refractivity contribution in [2.45, 2.75) is 12.8 Å². The number of amides is 1. The van der Waals surface area contributed by atoms with Gasteiger partial charge in [0.1, 0.15) is 0 Å². The smallest absolute Gasteiger partial charge is 0.227 e. The summed E-state index contributed by atoms with van der Waals surface area (Å²) in [5, 5.41) is 2.27. The molecular formula is C23H25NO4. The number of carbonyl (C=O) groups is 1. The molecule has 0 spiro atoms. The molecule has 0 N–H and O–H groups in total. The Labute approximate surface area is 165 Å². The summed E-state index contributed by atoms with van der Waals surface area (Å²) in [7, 11) is 6.54. The van der Waals surface area contributed by atoms with Crippen molar-refractivity contribution in [3.63, 3.8) is 0 Å². The fourth-order valence-electron chi connectivity index (χ4n) is 3.23. The molecule has 3 aromatic rings. The van der Waals surface area contributed by atoms with Gasteiger partial charge in [-0.3, -0.25) is 4.79 Å². The molecule has 1 amide bonds. The molecule has 0 radical (unpaired) electrons. The molecule has 3 aromatic carbocycles. The van der Waals surface area contributed by atoms with Crippen LogP contribution in [0.15, 0.2) is 54.6 Å². The maximum absolute atomic E-state index is 12.7. The Hall–Kier alpha value is -3.21. The number of methoxy groups -OCH3 is 3. The molecular weight excluding hydrogens is 354 g/mol. The molecule has 0 fully saturated rings. The number of ether oxygens (including phenoxy) is 3. The maximum atomic E-state index is 12.7. The van der Waals surface area contributed by atoms with Crippen LogP contribution >= 0.6 is 0 Å². The zero-order valence-corrected chi connectivity index (χ0v) is 16.7. The average molecular weight is 379 g/mol. The molecule has 28 heavy (non-hydrogen) atoms. The first-order valence-corrected chi connectivity index (χ1v) is 9.11. The summed E-state index contributed by atoms with van der Waals surface area (Å²) in [4.78, 5) is 14.4. The van der Waals surface area contributed by atoms with Gasteiger partial charge in [-0.05, 0) is 47.0 Å². The van der Waals surface area contributed by atoms with Crippen LogP contribution in [0.1, 0.15) is 12.0 Å². The van der Waals surface area contributed by atoms with Gasteiger partial charge in [-0.15, -0.1) is 0 Å². The van der Waals surface area contributed by atoms with Crippen molar-refractivity contribution in [1.82, 2.24) is 0 Å². The molecule has 0 unspecified atom stereocenters. The highest BCUT2D eigenvalue weighted by Gasteiger charge is 2.16. The third-order valence-corrected chi connectivity index (χ3v) is 4.85. The summed E-state index contributed by atoms with van der Waals surface area (Å²) >= 11 is 0. The largest absolute Gasteiger partial charge is 0.493 e. The van der Waals surface area contributed by atoms with Gasteiger partial charge in [0.25, 0.3) is 0 Å². The monoisotopic (exact) mass is 379 g/mol. The summed E-state index contributed by atoms with van der Waals surface area (Å²) in [6.07, 6.45) is 0.954. The molecule has 5 heteroatoms. The summed E-state index contributed by atoms with van der Waals surface area (Å²) in [5.74, 6) is 1.77. The first-order chi connectivity index (χ1) is 13.6. The van der Waals surface area contributed by atoms with E-state index < -0.39 is 0 Å². The van der Waals surface area contributed by atoms with Crippen LogP contribution in [0, 0.1) is 0 Å². The lowest BCUT2D eigenvalue weighted by Crippen LogP contribution is -2.26. The second-order valence-corrected chi connectivity index (χ2v) is 6.52. The number of fused-ring (bicyclic) bond motifs is 1. The highest BCUT2D eigenvalue weighted by atomic mass is 16.5. The third-order valence-electron chi connectivity index (χ3n) is 4.85. The van der Waals surface area contributed by atoms with Crippen molar-refractivity contribution in [1.29, 1.82) is 0 Å². The van der Waals surface area contributed by atoms with Gasteiger partial charge < -0.3 is 19.1 Å². The standard InChI is InChI=1S/C23H25NO4/c1-24(19-11-10-17-7-5-6-8-18(17)15-19)22(25)12-9-16-13-20(26-2)23(28-4)21(14-16)27-3/h5-8,10-11,13-15H,9,12H2,1-4H3. The van der Waals surface area contributed by atoms with Gasteiger partial charge in [0.2, 0.25) is 11.7 Å². The van der Waals surface area contributed by atoms with Crippen molar-refractivity contribution < 1.29 is 19.0 Å². The molecule has 0 aliphatic carbocycles. The molecule has 0 atom stereocenters. The van der Waals surface area contributed by atoms with Crippen molar-refractivity contribution in [2.75, 3.05) is 33.3 Å². The van der Waals surface area contributed by atoms with Crippen LogP contribution in [0.2, 0.25) is 0 Å². The summed E-state index contributed by atoms with van der Waals surface area (Å²) in [6, 6.07) is 17.9. The van der Waals surface area contributed by atoms with E-state index >= 15 is 0 Å². The van der Waals surface area contributed by atoms with Gasteiger partial charge in [0.05, 0.1) is 21.3 Å². The van der Waals surface area contributed by atoms with E-state index in [4.69, 9.17) is 14.2 Å². The van der Waals surface area contributed by atoms with E-state index in [1.165, 1.54) is 0 Å². The van der Waals surface area contributed by atoms with E-state index in [2.05, 4.69) is 6.07 Å². The Morgan fingerprint density at radius 3 is 2.11 bits per heavy atom. The summed E-state index contributed by atoms with van der Waals surface area (Å²) in [6.45, 7) is 0. The fourth-order valence-corrected chi connectivity index (χ4v) is 3.23. The minimum atomic E-state index is 0.0454. The lowest BCUT2D eigenvalue weighted by atomic mass is 10.1. The van der Waals surface area contributed by atoms with Crippen LogP contribution in [0.5, 0.6) is 17.2 Å². The molecule has 146 valence electrons. The normalized spacial score (nSPS) is 10.6. The number of carbonyl (C=O) groups excluding carboxylic acids is 1. The summed E-state index contributed by atoms with van der Waals surface area (Å²) in [5.41, 5.74) is 1.84. The molecule has 0 saturated heterocycles. The van der Waals surface area contributed by atoms with Crippen LogP contribution in [0.4, 0.5) is 5.69 Å². The molecule has 0 saturated carbocycles. The molecule has 3 rings (SSSR count). The number of rotatable bonds is 7. The minimum Gasteiger partial charge on any atom is -0.493 e. The fraction of sp³-hybridized carbons (Fsp3) is 0.261. The predicted octanol–water partition coefficient (Wildman–Crippen LogP) is 4.46. The van der Waals surface area contributed by atoms with Crippen LogP contribution < -0.4 is 19.1 Å². The third kappa shape index (κ3) is 4.03. The molecule has 0 bridgehead atoms. The summed E-state index contributed by atoms with van der Waals surface area (Å²) < 4.78 is 16.1. The molecule has 0 aromatic heterocycles. The molecule has 0 aliphatic rings. The zero-order valence-electron chi connectivity index (χ0n) is 16.7. The topological polar surface area (TPSA) is 48.0 Å². The van der Waals surface area contributed by atoms with Gasteiger partial charge in [0, 0.05) is 19.2 Å². The van der Waals surface area contributed by atoms with Crippen LogP contribution in [0.25, 0.3) is 10.8 Å². The highest BCUT2D eigenvalue weighted by Crippen LogP contribution is 2.38. The van der Waals surface area contributed by atoms with Crippen LogP contribution in [-0.2, 0) is 11.2 Å². The van der Waals surface area contributed by atoms with Gasteiger partial charge in [-0.25, -0.2) is 0 Å². The second-order valence-electron chi connectivity index (χ2n) is 6.52. The Balaban J connectivity index is 1.73. The first-order valence-electron chi connectivity index (χ1n) is 9.11. The Morgan fingerprint density at radius 1 is 0.857 bits per heavy atom. The number of hydrogen-bond donors (Lipinski definition) is 0. The van der Waals surface area contributed by atoms with Crippen molar-refractivity contribution in [3.05, 3.63) is 60.2 Å². The second kappa shape index (κ2) is 8.65. The number of anilines is 1. The zero-order chi connectivity index (χ0) is 20.1. The van der Waals surface area contributed by atoms with Gasteiger partial charge in [0.15, 0.2) is 11.5 Å². The predicted molar refractivity (Wildman–Crippen MR) is 112 cm³/mol. The lowest BCUT2D eigenvalue weighted by Gasteiger charge is -2.18. The van der Waals surface area contributed by atoms with Crippen LogP contribution in [0.3, 0.4) is 0 Å². The highest BCUT2D eigenvalue weighted by molar-refractivity contribution is 5.96. The lowest BCUT2D eigenvalue weighted by molar-refractivity contribution is -0.118. The van der Waals surface area contributed by atoms with E-state index in [9.17, 15) is 4.79 Å². The van der Waals surface area contributed by atoms with Gasteiger partial charge in [-0.2, -0.15) is 0 Å². The average Bonchev–Trinajstić information content (AvgIpc) is 2.75. The molecule has 0 heterocycles. The minimum absolute atomic E-state index is 0.0454. The Bertz CT molecular complexity index is 958. The Kier molecular flexibility index (Phi) is 6.04. The SMILES string of the molecule is COc1cc(CCC(=O)N(C)c2ccc3ccccc3c2)cc(OC)c1OC. The maximum Gasteiger partial charge on any atom is 0.227 e. The van der Waals surface area contributed by atoms with E-state index in [1.54, 1.807) is 26.2 Å².